The first kappa shape index (κ1) is 15.5. The molecule has 19 heavy (non-hydrogen) atoms. The van der Waals surface area contributed by atoms with Gasteiger partial charge in [0.2, 0.25) is 10.0 Å². The number of hydrogen-bond donors (Lipinski definition) is 1. The molecule has 0 saturated heterocycles. The summed E-state index contributed by atoms with van der Waals surface area (Å²) in [5.74, 6) is -1.38. The number of ether oxygens (including phenoxy) is 1. The molecule has 0 aliphatic heterocycles. The van der Waals surface area contributed by atoms with Gasteiger partial charge in [0.15, 0.2) is 0 Å². The number of sulfonamides is 1. The molecule has 1 aromatic rings. The number of methoxy groups -OCH3 is 1. The number of hydrogen-bond acceptors (Lipinski definition) is 5. The molecule has 0 radical (unpaired) electrons. The van der Waals surface area contributed by atoms with E-state index in [4.69, 9.17) is 4.74 Å². The van der Waals surface area contributed by atoms with Gasteiger partial charge in [-0.25, -0.2) is 13.1 Å². The van der Waals surface area contributed by atoms with Crippen molar-refractivity contribution in [3.63, 3.8) is 0 Å². The molecule has 106 valence electrons. The molecule has 0 spiro atoms. The Balaban J connectivity index is 3.39. The number of rotatable bonds is 4. The van der Waals surface area contributed by atoms with Crippen molar-refractivity contribution in [3.8, 4) is 5.75 Å². The highest BCUT2D eigenvalue weighted by molar-refractivity contribution is 7.89. The van der Waals surface area contributed by atoms with E-state index in [1.54, 1.807) is 20.8 Å². The summed E-state index contributed by atoms with van der Waals surface area (Å²) in [6.45, 7) is 5.04. The van der Waals surface area contributed by atoms with Gasteiger partial charge in [-0.2, -0.15) is 0 Å². The lowest BCUT2D eigenvalue weighted by molar-refractivity contribution is -0.255. The molecule has 6 nitrogen and oxygen atoms in total. The van der Waals surface area contributed by atoms with Crippen LogP contribution in [0.1, 0.15) is 31.1 Å². The number of carboxylic acid groups (broad SMARTS) is 1. The molecule has 0 heterocycles. The summed E-state index contributed by atoms with van der Waals surface area (Å²) >= 11 is 0. The third kappa shape index (κ3) is 3.93. The van der Waals surface area contributed by atoms with Crippen LogP contribution in [0.5, 0.6) is 5.75 Å². The predicted molar refractivity (Wildman–Crippen MR) is 67.4 cm³/mol. The minimum atomic E-state index is -3.88. The Morgan fingerprint density at radius 1 is 1.32 bits per heavy atom. The number of carboxylic acids is 1. The largest absolute Gasteiger partial charge is 0.545 e. The van der Waals surface area contributed by atoms with Gasteiger partial charge in [-0.05, 0) is 44.5 Å². The van der Waals surface area contributed by atoms with E-state index in [0.717, 1.165) is 6.07 Å². The Labute approximate surface area is 112 Å². The topological polar surface area (TPSA) is 95.5 Å². The van der Waals surface area contributed by atoms with Gasteiger partial charge in [-0.1, -0.05) is 0 Å². The van der Waals surface area contributed by atoms with E-state index in [0.29, 0.717) is 0 Å². The van der Waals surface area contributed by atoms with E-state index in [1.165, 1.54) is 19.2 Å². The van der Waals surface area contributed by atoms with Gasteiger partial charge in [0.1, 0.15) is 10.6 Å². The van der Waals surface area contributed by atoms with Gasteiger partial charge in [-0.15, -0.1) is 0 Å². The summed E-state index contributed by atoms with van der Waals surface area (Å²) < 4.78 is 31.8. The fourth-order valence-electron chi connectivity index (χ4n) is 1.47. The molecule has 1 N–H and O–H groups in total. The molecule has 1 aromatic carbocycles. The summed E-state index contributed by atoms with van der Waals surface area (Å²) in [6, 6.07) is 3.52. The monoisotopic (exact) mass is 286 g/mol. The molecule has 0 aliphatic carbocycles. The zero-order valence-corrected chi connectivity index (χ0v) is 12.0. The maximum Gasteiger partial charge on any atom is 0.244 e. The zero-order valence-electron chi connectivity index (χ0n) is 11.2. The van der Waals surface area contributed by atoms with E-state index in [1.807, 2.05) is 0 Å². The second kappa shape index (κ2) is 5.18. The smallest absolute Gasteiger partial charge is 0.244 e. The molecular weight excluding hydrogens is 270 g/mol. The fraction of sp³-hybridized carbons (Fsp3) is 0.417. The Kier molecular flexibility index (Phi) is 4.21. The lowest BCUT2D eigenvalue weighted by Crippen LogP contribution is -2.40. The van der Waals surface area contributed by atoms with Crippen LogP contribution in [0.15, 0.2) is 23.1 Å². The van der Waals surface area contributed by atoms with Crippen molar-refractivity contribution >= 4 is 16.0 Å². The molecule has 0 aliphatic rings. The van der Waals surface area contributed by atoms with Crippen LogP contribution >= 0.6 is 0 Å². The summed E-state index contributed by atoms with van der Waals surface area (Å²) in [5.41, 5.74) is -0.920. The predicted octanol–water partition coefficient (Wildman–Crippen LogP) is 0.135. The third-order valence-electron chi connectivity index (χ3n) is 2.13. The average molecular weight is 286 g/mol. The lowest BCUT2D eigenvalue weighted by Gasteiger charge is -2.21. The van der Waals surface area contributed by atoms with Crippen molar-refractivity contribution in [3.05, 3.63) is 23.8 Å². The van der Waals surface area contributed by atoms with Gasteiger partial charge in [-0.3, -0.25) is 0 Å². The number of carbonyl (C=O) groups excluding carboxylic acids is 1. The molecule has 0 amide bonds. The van der Waals surface area contributed by atoms with Crippen molar-refractivity contribution in [1.29, 1.82) is 0 Å². The van der Waals surface area contributed by atoms with Crippen LogP contribution in [0.2, 0.25) is 0 Å². The Bertz CT molecular complexity index is 587. The second-order valence-electron chi connectivity index (χ2n) is 5.01. The molecule has 0 unspecified atom stereocenters. The molecule has 1 rings (SSSR count). The highest BCUT2D eigenvalue weighted by Crippen LogP contribution is 2.25. The standard InChI is InChI=1S/C12H17NO5S/c1-12(2,3)13-19(16,17)10-7-8(11(14)15)5-6-9(10)18-4/h5-7,13H,1-4H3,(H,14,15)/p-1. The maximum absolute atomic E-state index is 12.2. The number of aromatic carboxylic acids is 1. The number of nitrogens with one attached hydrogen (secondary N) is 1. The SMILES string of the molecule is COc1ccc(C(=O)[O-])cc1S(=O)(=O)NC(C)(C)C. The first-order valence-electron chi connectivity index (χ1n) is 5.50. The Hall–Kier alpha value is -1.60. The second-order valence-corrected chi connectivity index (χ2v) is 6.66. The summed E-state index contributed by atoms with van der Waals surface area (Å²) in [7, 11) is -2.57. The lowest BCUT2D eigenvalue weighted by atomic mass is 10.1. The van der Waals surface area contributed by atoms with Gasteiger partial charge < -0.3 is 14.6 Å². The van der Waals surface area contributed by atoms with Crippen molar-refractivity contribution in [1.82, 2.24) is 4.72 Å². The Morgan fingerprint density at radius 2 is 1.89 bits per heavy atom. The van der Waals surface area contributed by atoms with E-state index >= 15 is 0 Å². The van der Waals surface area contributed by atoms with Gasteiger partial charge in [0, 0.05) is 5.54 Å². The van der Waals surface area contributed by atoms with Crippen LogP contribution in [0, 0.1) is 0 Å². The van der Waals surface area contributed by atoms with E-state index in [-0.39, 0.29) is 16.2 Å². The maximum atomic E-state index is 12.2. The van der Waals surface area contributed by atoms with Gasteiger partial charge in [0.05, 0.1) is 13.1 Å². The van der Waals surface area contributed by atoms with Gasteiger partial charge >= 0.3 is 0 Å². The molecule has 7 heteroatoms. The van der Waals surface area contributed by atoms with E-state index < -0.39 is 21.5 Å². The van der Waals surface area contributed by atoms with Crippen molar-refractivity contribution < 1.29 is 23.1 Å². The van der Waals surface area contributed by atoms with Crippen LogP contribution in [-0.4, -0.2) is 27.0 Å². The average Bonchev–Trinajstić information content (AvgIpc) is 2.24. The molecule has 0 bridgehead atoms. The first-order valence-corrected chi connectivity index (χ1v) is 6.98. The molecule has 0 atom stereocenters. The van der Waals surface area contributed by atoms with Crippen molar-refractivity contribution in [2.75, 3.05) is 7.11 Å². The van der Waals surface area contributed by atoms with Crippen LogP contribution in [0.25, 0.3) is 0 Å². The minimum Gasteiger partial charge on any atom is -0.545 e. The number of benzene rings is 1. The van der Waals surface area contributed by atoms with Gasteiger partial charge in [0.25, 0.3) is 0 Å². The third-order valence-corrected chi connectivity index (χ3v) is 3.91. The summed E-state index contributed by atoms with van der Waals surface area (Å²) in [5, 5.41) is 10.8. The van der Waals surface area contributed by atoms with Crippen LogP contribution in [0.4, 0.5) is 0 Å². The highest BCUT2D eigenvalue weighted by Gasteiger charge is 2.25. The van der Waals surface area contributed by atoms with Crippen LogP contribution < -0.4 is 14.6 Å². The number of carbonyl (C=O) groups is 1. The van der Waals surface area contributed by atoms with Crippen molar-refractivity contribution in [2.45, 2.75) is 31.2 Å². The zero-order chi connectivity index (χ0) is 14.8. The molecular formula is C12H16NO5S-. The minimum absolute atomic E-state index is 0.0711. The quantitative estimate of drug-likeness (QED) is 0.849. The van der Waals surface area contributed by atoms with E-state index in [2.05, 4.69) is 4.72 Å². The highest BCUT2D eigenvalue weighted by atomic mass is 32.2. The van der Waals surface area contributed by atoms with E-state index in [9.17, 15) is 18.3 Å². The normalized spacial score (nSPS) is 12.2. The van der Waals surface area contributed by atoms with Crippen LogP contribution in [0.3, 0.4) is 0 Å². The molecule has 0 aromatic heterocycles. The molecule has 0 saturated carbocycles. The van der Waals surface area contributed by atoms with Crippen LogP contribution in [-0.2, 0) is 10.0 Å². The summed E-state index contributed by atoms with van der Waals surface area (Å²) in [6.07, 6.45) is 0. The first-order chi connectivity index (χ1) is 8.57. The summed E-state index contributed by atoms with van der Waals surface area (Å²) in [4.78, 5) is 10.6. The molecule has 0 fully saturated rings. The Morgan fingerprint density at radius 3 is 2.32 bits per heavy atom. The van der Waals surface area contributed by atoms with Crippen molar-refractivity contribution in [2.24, 2.45) is 0 Å². The fourth-order valence-corrected chi connectivity index (χ4v) is 3.09.